The Balaban J connectivity index is 1.74. The highest BCUT2D eigenvalue weighted by Crippen LogP contribution is 2.36. The Kier molecular flexibility index (Phi) is 5.46. The van der Waals surface area contributed by atoms with Gasteiger partial charge in [0.15, 0.2) is 5.82 Å². The van der Waals surface area contributed by atoms with Gasteiger partial charge in [0, 0.05) is 24.4 Å². The van der Waals surface area contributed by atoms with E-state index in [2.05, 4.69) is 20.8 Å². The maximum Gasteiger partial charge on any atom is 0.257 e. The van der Waals surface area contributed by atoms with E-state index in [1.807, 2.05) is 0 Å². The number of nitrogens with one attached hydrogen (secondary N) is 2. The van der Waals surface area contributed by atoms with Gasteiger partial charge in [-0.1, -0.05) is 16.8 Å². The van der Waals surface area contributed by atoms with Crippen LogP contribution in [0.5, 0.6) is 11.5 Å². The quantitative estimate of drug-likeness (QED) is 0.657. The number of carbonyl (C=O) groups is 1. The Morgan fingerprint density at radius 2 is 1.89 bits per heavy atom. The molecule has 2 aromatic heterocycles. The van der Waals surface area contributed by atoms with Crippen LogP contribution in [-0.4, -0.2) is 30.3 Å². The van der Waals surface area contributed by atoms with Crippen molar-refractivity contribution < 1.29 is 18.8 Å². The number of pyridine rings is 1. The van der Waals surface area contributed by atoms with E-state index < -0.39 is 0 Å². The van der Waals surface area contributed by atoms with Crippen molar-refractivity contribution in [3.8, 4) is 11.5 Å². The van der Waals surface area contributed by atoms with Crippen LogP contribution >= 0.6 is 11.6 Å². The van der Waals surface area contributed by atoms with E-state index in [1.165, 1.54) is 20.4 Å². The Morgan fingerprint density at radius 1 is 1.11 bits per heavy atom. The van der Waals surface area contributed by atoms with Crippen molar-refractivity contribution in [3.63, 3.8) is 0 Å². The minimum absolute atomic E-state index is 0.353. The third-order valence-corrected chi connectivity index (χ3v) is 3.93. The number of aromatic nitrogens is 2. The SMILES string of the molecule is COc1cc(NC(=O)c2ccc(Nc3cc(C)on3)nc2)c(OC)cc1Cl. The molecule has 0 fully saturated rings. The van der Waals surface area contributed by atoms with Gasteiger partial charge in [0.05, 0.1) is 30.5 Å². The maximum atomic E-state index is 12.5. The van der Waals surface area contributed by atoms with Crippen LogP contribution < -0.4 is 20.1 Å². The molecule has 0 saturated heterocycles. The summed E-state index contributed by atoms with van der Waals surface area (Å²) in [5.41, 5.74) is 0.803. The van der Waals surface area contributed by atoms with E-state index in [-0.39, 0.29) is 5.91 Å². The average Bonchev–Trinajstić information content (AvgIpc) is 3.08. The molecule has 1 amide bonds. The summed E-state index contributed by atoms with van der Waals surface area (Å²) in [7, 11) is 2.98. The molecule has 0 bridgehead atoms. The van der Waals surface area contributed by atoms with Gasteiger partial charge < -0.3 is 24.6 Å². The van der Waals surface area contributed by atoms with Gasteiger partial charge in [-0.15, -0.1) is 0 Å². The van der Waals surface area contributed by atoms with Crippen LogP contribution in [0.15, 0.2) is 41.1 Å². The topological polar surface area (TPSA) is 98.5 Å². The minimum Gasteiger partial charge on any atom is -0.495 e. The molecule has 0 unspecified atom stereocenters. The standard InChI is InChI=1S/C18H17ClN4O4/c1-10-6-17(23-27-10)22-16-5-4-11(9-20-16)18(24)21-13-8-14(25-2)12(19)7-15(13)26-3/h4-9H,1-3H3,(H,21,24)(H,20,22,23). The molecular weight excluding hydrogens is 372 g/mol. The third-order valence-electron chi connectivity index (χ3n) is 3.63. The van der Waals surface area contributed by atoms with Crippen LogP contribution in [0.25, 0.3) is 0 Å². The number of nitrogens with zero attached hydrogens (tertiary/aromatic N) is 2. The van der Waals surface area contributed by atoms with E-state index in [0.717, 1.165) is 0 Å². The Hall–Kier alpha value is -3.26. The van der Waals surface area contributed by atoms with Gasteiger partial charge in [0.25, 0.3) is 5.91 Å². The fraction of sp³-hybridized carbons (Fsp3) is 0.167. The lowest BCUT2D eigenvalue weighted by molar-refractivity contribution is 0.102. The summed E-state index contributed by atoms with van der Waals surface area (Å²) in [5.74, 6) is 2.24. The number of amides is 1. The number of anilines is 3. The zero-order chi connectivity index (χ0) is 19.4. The molecule has 0 spiro atoms. The molecule has 2 heterocycles. The molecule has 0 aliphatic heterocycles. The van der Waals surface area contributed by atoms with Gasteiger partial charge >= 0.3 is 0 Å². The molecule has 1 aromatic carbocycles. The smallest absolute Gasteiger partial charge is 0.257 e. The summed E-state index contributed by atoms with van der Waals surface area (Å²) in [4.78, 5) is 16.7. The molecule has 0 aliphatic carbocycles. The third kappa shape index (κ3) is 4.29. The fourth-order valence-electron chi connectivity index (χ4n) is 2.31. The van der Waals surface area contributed by atoms with E-state index >= 15 is 0 Å². The first-order chi connectivity index (χ1) is 13.0. The highest BCUT2D eigenvalue weighted by Gasteiger charge is 2.14. The van der Waals surface area contributed by atoms with Crippen molar-refractivity contribution in [2.24, 2.45) is 0 Å². The molecule has 3 rings (SSSR count). The lowest BCUT2D eigenvalue weighted by Crippen LogP contribution is -2.13. The first kappa shape index (κ1) is 18.5. The van der Waals surface area contributed by atoms with Crippen LogP contribution in [0.2, 0.25) is 5.02 Å². The summed E-state index contributed by atoms with van der Waals surface area (Å²) in [5, 5.41) is 9.95. The first-order valence-electron chi connectivity index (χ1n) is 7.89. The Labute approximate surface area is 160 Å². The lowest BCUT2D eigenvalue weighted by Gasteiger charge is -2.13. The number of rotatable bonds is 6. The summed E-state index contributed by atoms with van der Waals surface area (Å²) in [6, 6.07) is 8.20. The van der Waals surface area contributed by atoms with E-state index in [1.54, 1.807) is 37.3 Å². The van der Waals surface area contributed by atoms with Gasteiger partial charge in [0.1, 0.15) is 23.1 Å². The molecular formula is C18H17ClN4O4. The van der Waals surface area contributed by atoms with Crippen molar-refractivity contribution in [1.29, 1.82) is 0 Å². The van der Waals surface area contributed by atoms with Gasteiger partial charge in [-0.05, 0) is 19.1 Å². The van der Waals surface area contributed by atoms with Crippen LogP contribution in [0.1, 0.15) is 16.1 Å². The predicted molar refractivity (Wildman–Crippen MR) is 101 cm³/mol. The van der Waals surface area contributed by atoms with E-state index in [9.17, 15) is 4.79 Å². The molecule has 2 N–H and O–H groups in total. The lowest BCUT2D eigenvalue weighted by atomic mass is 10.2. The molecule has 0 radical (unpaired) electrons. The van der Waals surface area contributed by atoms with Crippen molar-refractivity contribution >= 4 is 34.8 Å². The van der Waals surface area contributed by atoms with Gasteiger partial charge in [-0.2, -0.15) is 0 Å². The van der Waals surface area contributed by atoms with Crippen LogP contribution in [0.3, 0.4) is 0 Å². The number of benzene rings is 1. The van der Waals surface area contributed by atoms with Crippen LogP contribution in [0, 0.1) is 6.92 Å². The van der Waals surface area contributed by atoms with Gasteiger partial charge in [-0.3, -0.25) is 4.79 Å². The fourth-order valence-corrected chi connectivity index (χ4v) is 2.54. The van der Waals surface area contributed by atoms with Crippen molar-refractivity contribution in [3.05, 3.63) is 52.9 Å². The molecule has 27 heavy (non-hydrogen) atoms. The number of methoxy groups -OCH3 is 2. The van der Waals surface area contributed by atoms with Gasteiger partial charge in [-0.25, -0.2) is 4.98 Å². The zero-order valence-corrected chi connectivity index (χ0v) is 15.6. The second-order valence-corrected chi connectivity index (χ2v) is 5.93. The molecule has 9 heteroatoms. The number of aryl methyl sites for hydroxylation is 1. The minimum atomic E-state index is -0.353. The van der Waals surface area contributed by atoms with Crippen molar-refractivity contribution in [2.45, 2.75) is 6.92 Å². The normalized spacial score (nSPS) is 10.4. The monoisotopic (exact) mass is 388 g/mol. The second-order valence-electron chi connectivity index (χ2n) is 5.52. The Bertz CT molecular complexity index is 956. The number of carbonyl (C=O) groups excluding carboxylic acids is 1. The number of hydrogen-bond acceptors (Lipinski definition) is 7. The molecule has 0 atom stereocenters. The largest absolute Gasteiger partial charge is 0.495 e. The highest BCUT2D eigenvalue weighted by atomic mass is 35.5. The summed E-state index contributed by atoms with van der Waals surface area (Å²) < 4.78 is 15.4. The Morgan fingerprint density at radius 3 is 2.48 bits per heavy atom. The average molecular weight is 389 g/mol. The molecule has 3 aromatic rings. The highest BCUT2D eigenvalue weighted by molar-refractivity contribution is 6.32. The van der Waals surface area contributed by atoms with Crippen molar-refractivity contribution in [1.82, 2.24) is 10.1 Å². The molecule has 140 valence electrons. The van der Waals surface area contributed by atoms with E-state index in [4.69, 9.17) is 25.6 Å². The van der Waals surface area contributed by atoms with Crippen LogP contribution in [-0.2, 0) is 0 Å². The summed E-state index contributed by atoms with van der Waals surface area (Å²) in [6.07, 6.45) is 1.45. The summed E-state index contributed by atoms with van der Waals surface area (Å²) in [6.45, 7) is 1.79. The number of hydrogen-bond donors (Lipinski definition) is 2. The first-order valence-corrected chi connectivity index (χ1v) is 8.27. The zero-order valence-electron chi connectivity index (χ0n) is 14.9. The van der Waals surface area contributed by atoms with Crippen LogP contribution in [0.4, 0.5) is 17.3 Å². The molecule has 0 aliphatic rings. The second kappa shape index (κ2) is 7.96. The van der Waals surface area contributed by atoms with Gasteiger partial charge in [0.2, 0.25) is 0 Å². The summed E-state index contributed by atoms with van der Waals surface area (Å²) >= 11 is 6.07. The number of ether oxygens (including phenoxy) is 2. The predicted octanol–water partition coefficient (Wildman–Crippen LogP) is 4.04. The molecule has 0 saturated carbocycles. The molecule has 8 nitrogen and oxygen atoms in total. The van der Waals surface area contributed by atoms with Crippen molar-refractivity contribution in [2.75, 3.05) is 24.9 Å². The van der Waals surface area contributed by atoms with E-state index in [0.29, 0.717) is 45.2 Å². The maximum absolute atomic E-state index is 12.5. The number of halogens is 1.